The normalized spacial score (nSPS) is 10.8. The van der Waals surface area contributed by atoms with Gasteiger partial charge in [0.25, 0.3) is 15.9 Å². The maximum Gasteiger partial charge on any atom is 0.339 e. The van der Waals surface area contributed by atoms with E-state index in [2.05, 4.69) is 14.8 Å². The van der Waals surface area contributed by atoms with Gasteiger partial charge in [0.1, 0.15) is 10.6 Å². The number of aryl methyl sites for hydroxylation is 1. The molecular weight excluding hydrogens is 432 g/mol. The van der Waals surface area contributed by atoms with Crippen LogP contribution in [-0.4, -0.2) is 34.5 Å². The highest BCUT2D eigenvalue weighted by atomic mass is 32.2. The number of ether oxygens (including phenoxy) is 2. The van der Waals surface area contributed by atoms with Crippen LogP contribution in [0.15, 0.2) is 71.6 Å². The van der Waals surface area contributed by atoms with Crippen molar-refractivity contribution in [3.63, 3.8) is 0 Å². The van der Waals surface area contributed by atoms with Gasteiger partial charge >= 0.3 is 5.97 Å². The van der Waals surface area contributed by atoms with E-state index >= 15 is 0 Å². The third-order valence-electron chi connectivity index (χ3n) is 4.66. The van der Waals surface area contributed by atoms with Crippen LogP contribution in [0.4, 0.5) is 11.4 Å². The molecule has 9 heteroatoms. The number of carbonyl (C=O) groups is 2. The predicted octanol–water partition coefficient (Wildman–Crippen LogP) is 3.84. The van der Waals surface area contributed by atoms with Gasteiger partial charge in [-0.2, -0.15) is 0 Å². The summed E-state index contributed by atoms with van der Waals surface area (Å²) in [6.07, 6.45) is 0. The van der Waals surface area contributed by atoms with Gasteiger partial charge in [0.15, 0.2) is 0 Å². The predicted molar refractivity (Wildman–Crippen MR) is 121 cm³/mol. The minimum atomic E-state index is -4.15. The number of sulfonamides is 1. The van der Waals surface area contributed by atoms with Gasteiger partial charge in [0, 0.05) is 17.3 Å². The molecular formula is C23H22N2O6S. The Labute approximate surface area is 186 Å². The van der Waals surface area contributed by atoms with Crippen molar-refractivity contribution in [1.82, 2.24) is 0 Å². The number of nitrogens with one attached hydrogen (secondary N) is 2. The van der Waals surface area contributed by atoms with Crippen molar-refractivity contribution in [2.75, 3.05) is 24.3 Å². The number of hydrogen-bond donors (Lipinski definition) is 2. The first-order chi connectivity index (χ1) is 15.3. The number of hydrogen-bond acceptors (Lipinski definition) is 6. The first-order valence-electron chi connectivity index (χ1n) is 9.52. The first kappa shape index (κ1) is 22.8. The molecule has 0 heterocycles. The van der Waals surface area contributed by atoms with Crippen LogP contribution in [0.2, 0.25) is 0 Å². The third kappa shape index (κ3) is 4.89. The van der Waals surface area contributed by atoms with E-state index < -0.39 is 16.0 Å². The Morgan fingerprint density at radius 2 is 1.53 bits per heavy atom. The second kappa shape index (κ2) is 9.52. The van der Waals surface area contributed by atoms with Crippen LogP contribution in [0.3, 0.4) is 0 Å². The molecule has 0 aliphatic rings. The molecule has 0 fully saturated rings. The van der Waals surface area contributed by atoms with E-state index in [1.807, 2.05) is 6.07 Å². The van der Waals surface area contributed by atoms with Crippen LogP contribution >= 0.6 is 0 Å². The minimum absolute atomic E-state index is 0.0927. The lowest BCUT2D eigenvalue weighted by molar-refractivity contribution is 0.0596. The van der Waals surface area contributed by atoms with Gasteiger partial charge < -0.3 is 14.8 Å². The fourth-order valence-electron chi connectivity index (χ4n) is 3.03. The highest BCUT2D eigenvalue weighted by Gasteiger charge is 2.24. The molecule has 3 rings (SSSR count). The Bertz CT molecular complexity index is 1260. The molecule has 8 nitrogen and oxygen atoms in total. The van der Waals surface area contributed by atoms with Crippen LogP contribution in [0.25, 0.3) is 0 Å². The Morgan fingerprint density at radius 3 is 2.19 bits per heavy atom. The van der Waals surface area contributed by atoms with Gasteiger partial charge in [-0.1, -0.05) is 30.3 Å². The summed E-state index contributed by atoms with van der Waals surface area (Å²) < 4.78 is 38.5. The summed E-state index contributed by atoms with van der Waals surface area (Å²) in [6.45, 7) is 1.72. The molecule has 0 saturated carbocycles. The molecule has 3 aromatic carbocycles. The molecule has 2 N–H and O–H groups in total. The summed E-state index contributed by atoms with van der Waals surface area (Å²) in [5.41, 5.74) is 1.62. The first-order valence-corrected chi connectivity index (χ1v) is 11.0. The van der Waals surface area contributed by atoms with Crippen LogP contribution < -0.4 is 14.8 Å². The molecule has 0 saturated heterocycles. The van der Waals surface area contributed by atoms with Crippen LogP contribution in [0, 0.1) is 6.92 Å². The average molecular weight is 455 g/mol. The average Bonchev–Trinajstić information content (AvgIpc) is 2.80. The second-order valence-corrected chi connectivity index (χ2v) is 8.43. The van der Waals surface area contributed by atoms with Gasteiger partial charge in [0.2, 0.25) is 0 Å². The smallest absolute Gasteiger partial charge is 0.339 e. The maximum atomic E-state index is 13.0. The molecule has 0 unspecified atom stereocenters. The van der Waals surface area contributed by atoms with Crippen molar-refractivity contribution in [2.24, 2.45) is 0 Å². The van der Waals surface area contributed by atoms with Crippen molar-refractivity contribution in [2.45, 2.75) is 11.8 Å². The monoisotopic (exact) mass is 454 g/mol. The maximum absolute atomic E-state index is 13.0. The number of amides is 1. The number of carbonyl (C=O) groups excluding carboxylic acids is 2. The fourth-order valence-corrected chi connectivity index (χ4v) is 4.29. The van der Waals surface area contributed by atoms with Crippen molar-refractivity contribution in [1.29, 1.82) is 0 Å². The van der Waals surface area contributed by atoms with Crippen LogP contribution in [0.5, 0.6) is 5.75 Å². The van der Waals surface area contributed by atoms with Crippen LogP contribution in [0.1, 0.15) is 26.3 Å². The third-order valence-corrected chi connectivity index (χ3v) is 6.08. The van der Waals surface area contributed by atoms with E-state index in [4.69, 9.17) is 4.74 Å². The zero-order valence-electron chi connectivity index (χ0n) is 17.7. The lowest BCUT2D eigenvalue weighted by Gasteiger charge is -2.17. The molecule has 32 heavy (non-hydrogen) atoms. The molecule has 1 amide bonds. The molecule has 0 aliphatic heterocycles. The van der Waals surface area contributed by atoms with Crippen LogP contribution in [-0.2, 0) is 14.8 Å². The Hall–Kier alpha value is -3.85. The second-order valence-electron chi connectivity index (χ2n) is 6.78. The van der Waals surface area contributed by atoms with Gasteiger partial charge in [-0.3, -0.25) is 9.52 Å². The van der Waals surface area contributed by atoms with E-state index in [-0.39, 0.29) is 27.8 Å². The lowest BCUT2D eigenvalue weighted by atomic mass is 10.1. The highest BCUT2D eigenvalue weighted by molar-refractivity contribution is 7.92. The zero-order valence-corrected chi connectivity index (χ0v) is 18.5. The van der Waals surface area contributed by atoms with Crippen molar-refractivity contribution in [3.8, 4) is 5.75 Å². The highest BCUT2D eigenvalue weighted by Crippen LogP contribution is 2.33. The van der Waals surface area contributed by atoms with Gasteiger partial charge in [-0.25, -0.2) is 13.2 Å². The van der Waals surface area contributed by atoms with Gasteiger partial charge in [-0.05, 0) is 42.8 Å². The van der Waals surface area contributed by atoms with E-state index in [1.54, 1.807) is 37.3 Å². The molecule has 166 valence electrons. The van der Waals surface area contributed by atoms with E-state index in [1.165, 1.54) is 44.6 Å². The summed E-state index contributed by atoms with van der Waals surface area (Å²) in [6, 6.07) is 17.5. The van der Waals surface area contributed by atoms with Crippen molar-refractivity contribution < 1.29 is 27.5 Å². The number of esters is 1. The molecule has 0 bridgehead atoms. The Balaban J connectivity index is 1.93. The van der Waals surface area contributed by atoms with E-state index in [0.717, 1.165) is 0 Å². The van der Waals surface area contributed by atoms with Crippen molar-refractivity contribution >= 4 is 33.3 Å². The summed E-state index contributed by atoms with van der Waals surface area (Å²) in [4.78, 5) is 24.3. The summed E-state index contributed by atoms with van der Waals surface area (Å²) in [5, 5.41) is 2.80. The topological polar surface area (TPSA) is 111 Å². The van der Waals surface area contributed by atoms with Gasteiger partial charge in [0.05, 0.1) is 25.5 Å². The van der Waals surface area contributed by atoms with Crippen molar-refractivity contribution in [3.05, 3.63) is 83.4 Å². The molecule has 0 radical (unpaired) electrons. The lowest BCUT2D eigenvalue weighted by Crippen LogP contribution is -2.18. The SMILES string of the molecule is COC(=O)c1ccccc1S(=O)(=O)Nc1cc(C)c(NC(=O)c2ccccc2)cc1OC. The Kier molecular flexibility index (Phi) is 6.79. The number of methoxy groups -OCH3 is 2. The molecule has 0 aromatic heterocycles. The molecule has 0 atom stereocenters. The largest absolute Gasteiger partial charge is 0.494 e. The summed E-state index contributed by atoms with van der Waals surface area (Å²) in [7, 11) is -1.59. The molecule has 0 aliphatic carbocycles. The number of rotatable bonds is 7. The Morgan fingerprint density at radius 1 is 0.875 bits per heavy atom. The fraction of sp³-hybridized carbons (Fsp3) is 0.130. The quantitative estimate of drug-likeness (QED) is 0.525. The molecule has 3 aromatic rings. The standard InChI is InChI=1S/C23H22N2O6S/c1-15-13-19(25-32(28,29)21-12-8-7-11-17(21)23(27)31-3)20(30-2)14-18(15)24-22(26)16-9-5-4-6-10-16/h4-14,25H,1-3H3,(H,24,26). The van der Waals surface area contributed by atoms with E-state index in [9.17, 15) is 18.0 Å². The summed E-state index contributed by atoms with van der Waals surface area (Å²) in [5.74, 6) is -0.887. The minimum Gasteiger partial charge on any atom is -0.494 e. The molecule has 0 spiro atoms. The van der Waals surface area contributed by atoms with Gasteiger partial charge in [-0.15, -0.1) is 0 Å². The zero-order chi connectivity index (χ0) is 23.3. The number of anilines is 2. The number of benzene rings is 3. The van der Waals surface area contributed by atoms with E-state index in [0.29, 0.717) is 16.8 Å². The summed E-state index contributed by atoms with van der Waals surface area (Å²) >= 11 is 0.